The minimum atomic E-state index is -0.757. The van der Waals surface area contributed by atoms with E-state index in [1.165, 1.54) is 26.5 Å². The fraction of sp³-hybridized carbons (Fsp3) is 0.176. The number of benzene rings is 2. The van der Waals surface area contributed by atoms with Crippen LogP contribution in [0.2, 0.25) is 0 Å². The number of carbonyl (C=O) groups excluding carboxylic acids is 1. The first kappa shape index (κ1) is 16.5. The van der Waals surface area contributed by atoms with Crippen LogP contribution in [0.15, 0.2) is 53.6 Å². The summed E-state index contributed by atoms with van der Waals surface area (Å²) in [7, 11) is 2.98. The van der Waals surface area contributed by atoms with E-state index in [0.29, 0.717) is 11.3 Å². The van der Waals surface area contributed by atoms with Crippen LogP contribution in [0, 0.1) is 0 Å². The second kappa shape index (κ2) is 7.95. The Balaban J connectivity index is 2.06. The maximum atomic E-state index is 12.1. The third-order valence-corrected chi connectivity index (χ3v) is 3.19. The molecule has 0 aliphatic carbocycles. The molecule has 0 heterocycles. The molecule has 2 aromatic carbocycles. The Bertz CT molecular complexity index is 686. The van der Waals surface area contributed by atoms with E-state index in [-0.39, 0.29) is 5.75 Å². The molecule has 0 saturated heterocycles. The van der Waals surface area contributed by atoms with Gasteiger partial charge in [0.15, 0.2) is 6.10 Å². The van der Waals surface area contributed by atoms with Crippen molar-refractivity contribution in [3.05, 3.63) is 59.7 Å². The molecule has 0 aromatic heterocycles. The summed E-state index contributed by atoms with van der Waals surface area (Å²) in [5.74, 6) is 0.210. The maximum absolute atomic E-state index is 12.1. The molecule has 6 nitrogen and oxygen atoms in total. The van der Waals surface area contributed by atoms with Crippen molar-refractivity contribution in [1.82, 2.24) is 5.43 Å². The highest BCUT2D eigenvalue weighted by molar-refractivity contribution is 5.87. The number of amides is 1. The normalized spacial score (nSPS) is 12.1. The number of methoxy groups -OCH3 is 2. The Morgan fingerprint density at radius 3 is 2.61 bits per heavy atom. The van der Waals surface area contributed by atoms with Crippen LogP contribution >= 0.6 is 0 Å². The summed E-state index contributed by atoms with van der Waals surface area (Å²) in [6.45, 7) is 0. The van der Waals surface area contributed by atoms with Gasteiger partial charge in [0.05, 0.1) is 13.3 Å². The van der Waals surface area contributed by atoms with Crippen molar-refractivity contribution in [2.45, 2.75) is 6.10 Å². The third kappa shape index (κ3) is 4.31. The molecule has 2 aromatic rings. The van der Waals surface area contributed by atoms with Crippen molar-refractivity contribution in [2.75, 3.05) is 14.2 Å². The molecule has 1 atom stereocenters. The fourth-order valence-electron chi connectivity index (χ4n) is 2.01. The number of ether oxygens (including phenoxy) is 2. The van der Waals surface area contributed by atoms with Crippen LogP contribution in [0.25, 0.3) is 0 Å². The highest BCUT2D eigenvalue weighted by Crippen LogP contribution is 2.21. The van der Waals surface area contributed by atoms with E-state index in [9.17, 15) is 9.90 Å². The zero-order valence-corrected chi connectivity index (χ0v) is 12.9. The Hall–Kier alpha value is -2.86. The molecule has 23 heavy (non-hydrogen) atoms. The number of hydrogen-bond acceptors (Lipinski definition) is 5. The van der Waals surface area contributed by atoms with Gasteiger partial charge in [-0.2, -0.15) is 5.10 Å². The van der Waals surface area contributed by atoms with E-state index in [1.807, 2.05) is 18.2 Å². The quantitative estimate of drug-likeness (QED) is 0.633. The first-order valence-corrected chi connectivity index (χ1v) is 6.93. The smallest absolute Gasteiger partial charge is 0.273 e. The molecule has 0 spiro atoms. The van der Waals surface area contributed by atoms with Crippen molar-refractivity contribution in [3.8, 4) is 11.5 Å². The molecule has 0 radical (unpaired) electrons. The number of hydrazone groups is 1. The predicted molar refractivity (Wildman–Crippen MR) is 86.6 cm³/mol. The number of phenolic OH excluding ortho intramolecular Hbond substituents is 1. The average Bonchev–Trinajstić information content (AvgIpc) is 2.58. The molecule has 1 unspecified atom stereocenters. The van der Waals surface area contributed by atoms with Crippen molar-refractivity contribution in [2.24, 2.45) is 5.10 Å². The Morgan fingerprint density at radius 2 is 1.96 bits per heavy atom. The van der Waals surface area contributed by atoms with Crippen molar-refractivity contribution < 1.29 is 19.4 Å². The molecule has 120 valence electrons. The monoisotopic (exact) mass is 314 g/mol. The molecule has 2 N–H and O–H groups in total. The van der Waals surface area contributed by atoms with Gasteiger partial charge in [0.2, 0.25) is 0 Å². The molecular weight excluding hydrogens is 296 g/mol. The zero-order chi connectivity index (χ0) is 16.7. The summed E-state index contributed by atoms with van der Waals surface area (Å²) in [4.78, 5) is 12.1. The topological polar surface area (TPSA) is 80.2 Å². The zero-order valence-electron chi connectivity index (χ0n) is 12.9. The van der Waals surface area contributed by atoms with Crippen LogP contribution in [-0.4, -0.2) is 31.4 Å². The highest BCUT2D eigenvalue weighted by Gasteiger charge is 2.19. The number of hydrogen-bond donors (Lipinski definition) is 2. The molecule has 0 fully saturated rings. The van der Waals surface area contributed by atoms with Crippen LogP contribution in [-0.2, 0) is 9.53 Å². The molecular formula is C17H18N2O4. The van der Waals surface area contributed by atoms with Gasteiger partial charge in [-0.15, -0.1) is 0 Å². The molecule has 0 bridgehead atoms. The van der Waals surface area contributed by atoms with Gasteiger partial charge in [-0.3, -0.25) is 4.79 Å². The van der Waals surface area contributed by atoms with E-state index in [2.05, 4.69) is 10.5 Å². The summed E-state index contributed by atoms with van der Waals surface area (Å²) in [5.41, 5.74) is 3.56. The minimum Gasteiger partial charge on any atom is -0.507 e. The third-order valence-electron chi connectivity index (χ3n) is 3.19. The van der Waals surface area contributed by atoms with Crippen LogP contribution in [0.4, 0.5) is 0 Å². The van der Waals surface area contributed by atoms with Gasteiger partial charge in [0.1, 0.15) is 11.5 Å². The largest absolute Gasteiger partial charge is 0.507 e. The van der Waals surface area contributed by atoms with E-state index in [1.54, 1.807) is 24.3 Å². The van der Waals surface area contributed by atoms with Crippen molar-refractivity contribution >= 4 is 12.1 Å². The van der Waals surface area contributed by atoms with Gasteiger partial charge in [0.25, 0.3) is 5.91 Å². The summed E-state index contributed by atoms with van der Waals surface area (Å²) < 4.78 is 10.3. The summed E-state index contributed by atoms with van der Waals surface area (Å²) in [6.07, 6.45) is 0.584. The molecule has 6 heteroatoms. The van der Waals surface area contributed by atoms with Gasteiger partial charge in [-0.05, 0) is 23.8 Å². The predicted octanol–water partition coefficient (Wildman–Crippen LogP) is 2.24. The van der Waals surface area contributed by atoms with Crippen LogP contribution in [0.5, 0.6) is 11.5 Å². The number of nitrogens with zero attached hydrogens (tertiary/aromatic N) is 1. The standard InChI is InChI=1S/C17H18N2O4/c1-22-14-8-9-15(20)13(10-14)11-18-19-17(21)16(23-2)12-6-4-3-5-7-12/h3-11,16,20H,1-2H3,(H,19,21). The lowest BCUT2D eigenvalue weighted by Crippen LogP contribution is -2.26. The average molecular weight is 314 g/mol. The maximum Gasteiger partial charge on any atom is 0.273 e. The number of aromatic hydroxyl groups is 1. The van der Waals surface area contributed by atoms with E-state index < -0.39 is 12.0 Å². The van der Waals surface area contributed by atoms with Crippen LogP contribution in [0.3, 0.4) is 0 Å². The second-order valence-corrected chi connectivity index (χ2v) is 4.69. The van der Waals surface area contributed by atoms with Gasteiger partial charge < -0.3 is 14.6 Å². The Kier molecular flexibility index (Phi) is 5.71. The molecule has 0 aliphatic heterocycles. The van der Waals surface area contributed by atoms with Crippen molar-refractivity contribution in [1.29, 1.82) is 0 Å². The first-order chi connectivity index (χ1) is 11.2. The minimum absolute atomic E-state index is 0.0372. The number of nitrogens with one attached hydrogen (secondary N) is 1. The lowest BCUT2D eigenvalue weighted by molar-refractivity contribution is -0.131. The molecule has 1 amide bonds. The summed E-state index contributed by atoms with van der Waals surface area (Å²) in [5, 5.41) is 13.6. The van der Waals surface area contributed by atoms with Gasteiger partial charge in [-0.25, -0.2) is 5.43 Å². The number of rotatable bonds is 6. The van der Waals surface area contributed by atoms with Gasteiger partial charge in [-0.1, -0.05) is 30.3 Å². The SMILES string of the molecule is COc1ccc(O)c(C=NNC(=O)C(OC)c2ccccc2)c1. The lowest BCUT2D eigenvalue weighted by Gasteiger charge is -2.13. The summed E-state index contributed by atoms with van der Waals surface area (Å²) >= 11 is 0. The highest BCUT2D eigenvalue weighted by atomic mass is 16.5. The molecule has 0 saturated carbocycles. The Morgan fingerprint density at radius 1 is 1.22 bits per heavy atom. The van der Waals surface area contributed by atoms with Crippen LogP contribution < -0.4 is 10.2 Å². The van der Waals surface area contributed by atoms with E-state index >= 15 is 0 Å². The molecule has 2 rings (SSSR count). The Labute approximate surface area is 134 Å². The first-order valence-electron chi connectivity index (χ1n) is 6.93. The van der Waals surface area contributed by atoms with Crippen LogP contribution in [0.1, 0.15) is 17.2 Å². The number of phenols is 1. The molecule has 0 aliphatic rings. The van der Waals surface area contributed by atoms with Crippen molar-refractivity contribution in [3.63, 3.8) is 0 Å². The number of carbonyl (C=O) groups is 1. The summed E-state index contributed by atoms with van der Waals surface area (Å²) in [6, 6.07) is 13.8. The second-order valence-electron chi connectivity index (χ2n) is 4.69. The fourth-order valence-corrected chi connectivity index (χ4v) is 2.01. The van der Waals surface area contributed by atoms with Gasteiger partial charge >= 0.3 is 0 Å². The van der Waals surface area contributed by atoms with E-state index in [4.69, 9.17) is 9.47 Å². The van der Waals surface area contributed by atoms with E-state index in [0.717, 1.165) is 5.56 Å². The van der Waals surface area contributed by atoms with Gasteiger partial charge in [0, 0.05) is 12.7 Å². The lowest BCUT2D eigenvalue weighted by atomic mass is 10.1.